The van der Waals surface area contributed by atoms with E-state index >= 15 is 0 Å². The summed E-state index contributed by atoms with van der Waals surface area (Å²) in [5, 5.41) is 16.2. The van der Waals surface area contributed by atoms with E-state index in [0.29, 0.717) is 43.1 Å². The fraction of sp³-hybridized carbons (Fsp3) is 0.560. The Morgan fingerprint density at radius 1 is 0.742 bits per heavy atom. The molecule has 0 aromatic heterocycles. The molecule has 3 aromatic rings. The van der Waals surface area contributed by atoms with E-state index in [-0.39, 0.29) is 29.7 Å². The number of nitrogens with two attached hydrogens (primary N) is 1. The molecule has 0 unspecified atom stereocenters. The maximum Gasteiger partial charge on any atom is 0.407 e. The molecule has 4 aliphatic carbocycles. The minimum absolute atomic E-state index is 0.0429. The fourth-order valence-electron chi connectivity index (χ4n) is 9.81. The number of benzene rings is 3. The van der Waals surface area contributed by atoms with E-state index < -0.39 is 22.5 Å². The van der Waals surface area contributed by atoms with Crippen LogP contribution in [0.1, 0.15) is 88.8 Å². The van der Waals surface area contributed by atoms with Crippen molar-refractivity contribution < 1.29 is 29.0 Å². The summed E-state index contributed by atoms with van der Waals surface area (Å²) in [5.41, 5.74) is 9.25. The SMILES string of the molecule is CC(C)(C)OC(=O)N[C@@H]1CNCC12CC2.N[C@@H]1CN(Cc2ccccc2)CC12CC2.O=C1CN(Cc2ccccc2)C(=O)C12CC2.O=C1N(Cc2ccccc2)C[C@H](O)C12CC2. The predicted molar refractivity (Wildman–Crippen MR) is 237 cm³/mol. The number of carbonyl (C=O) groups excluding carboxylic acids is 4. The molecule has 332 valence electrons. The molecule has 4 aliphatic heterocycles. The van der Waals surface area contributed by atoms with E-state index in [0.717, 1.165) is 63.0 Å². The molecule has 0 radical (unpaired) electrons. The molecule has 4 spiro atoms. The highest BCUT2D eigenvalue weighted by atomic mass is 16.6. The van der Waals surface area contributed by atoms with Crippen LogP contribution in [0.4, 0.5) is 4.79 Å². The zero-order valence-electron chi connectivity index (χ0n) is 36.8. The Morgan fingerprint density at radius 3 is 1.73 bits per heavy atom. The van der Waals surface area contributed by atoms with Gasteiger partial charge in [-0.25, -0.2) is 4.79 Å². The van der Waals surface area contributed by atoms with Gasteiger partial charge in [-0.3, -0.25) is 19.3 Å². The number of β-amino-alcohol motifs (C(OH)–C–C–N with tert-alkyl or cyclic N) is 1. The maximum absolute atomic E-state index is 12.1. The van der Waals surface area contributed by atoms with Crippen LogP contribution in [-0.2, 0) is 38.8 Å². The van der Waals surface area contributed by atoms with Crippen molar-refractivity contribution in [2.45, 2.75) is 116 Å². The minimum atomic E-state index is -0.589. The standard InChI is InChI=1S/C13H18N2.C13H15NO2.C13H13NO2.C11H20N2O2/c14-12-9-15(10-13(12)6-7-13)8-11-4-2-1-3-5-11;2*15-11-9-14(12(16)13(11)6-7-13)8-10-4-2-1-3-5-10;1-10(2,3)15-9(14)13-8-6-12-7-11(8)4-5-11/h1-5,12H,6-10,14H2;1-5,11,15H,6-9H2;1-5H,6-9H2;8,12H,4-7H2,1-3H3,(H,13,14)/t12-;11-;;8-/m10.1/s1. The van der Waals surface area contributed by atoms with Gasteiger partial charge in [-0.15, -0.1) is 0 Å². The third kappa shape index (κ3) is 9.94. The summed E-state index contributed by atoms with van der Waals surface area (Å²) in [6.07, 6.45) is 7.63. The van der Waals surface area contributed by atoms with Gasteiger partial charge in [0.25, 0.3) is 0 Å². The quantitative estimate of drug-likeness (QED) is 0.228. The summed E-state index contributed by atoms with van der Waals surface area (Å²) in [4.78, 5) is 53.3. The second-order valence-electron chi connectivity index (χ2n) is 20.3. The number of nitrogens with one attached hydrogen (secondary N) is 2. The molecule has 3 amide bonds. The Kier molecular flexibility index (Phi) is 12.4. The summed E-state index contributed by atoms with van der Waals surface area (Å²) in [6.45, 7) is 12.9. The van der Waals surface area contributed by atoms with Gasteiger partial charge < -0.3 is 36.0 Å². The second kappa shape index (κ2) is 17.5. The van der Waals surface area contributed by atoms with E-state index in [1.807, 2.05) is 81.4 Å². The molecule has 5 N–H and O–H groups in total. The molecule has 12 nitrogen and oxygen atoms in total. The van der Waals surface area contributed by atoms with Crippen LogP contribution < -0.4 is 16.4 Å². The van der Waals surface area contributed by atoms with E-state index in [9.17, 15) is 24.3 Å². The number of ketones is 1. The van der Waals surface area contributed by atoms with Crippen LogP contribution in [0.3, 0.4) is 0 Å². The van der Waals surface area contributed by atoms with Crippen LogP contribution in [0, 0.1) is 21.7 Å². The molecule has 8 fully saturated rings. The monoisotopic (exact) mass is 847 g/mol. The molecular formula is C50H66N6O6. The molecule has 4 saturated heterocycles. The van der Waals surface area contributed by atoms with Crippen molar-refractivity contribution in [2.24, 2.45) is 27.4 Å². The summed E-state index contributed by atoms with van der Waals surface area (Å²) in [6, 6.07) is 31.1. The van der Waals surface area contributed by atoms with Crippen molar-refractivity contribution in [1.82, 2.24) is 25.3 Å². The van der Waals surface area contributed by atoms with Crippen molar-refractivity contribution >= 4 is 23.7 Å². The smallest absolute Gasteiger partial charge is 0.407 e. The van der Waals surface area contributed by atoms with Gasteiger partial charge in [0.15, 0.2) is 5.78 Å². The van der Waals surface area contributed by atoms with Gasteiger partial charge in [0.05, 0.1) is 24.1 Å². The lowest BCUT2D eigenvalue weighted by molar-refractivity contribution is -0.134. The van der Waals surface area contributed by atoms with Gasteiger partial charge in [-0.2, -0.15) is 0 Å². The van der Waals surface area contributed by atoms with Crippen LogP contribution in [0.25, 0.3) is 0 Å². The number of Topliss-reactive ketones (excluding diaryl/α,β-unsaturated/α-hetero) is 1. The number of amides is 3. The molecule has 3 atom stereocenters. The number of hydrogen-bond donors (Lipinski definition) is 4. The van der Waals surface area contributed by atoms with E-state index in [4.69, 9.17) is 10.5 Å². The number of aliphatic hydroxyl groups excluding tert-OH is 1. The number of nitrogens with zero attached hydrogens (tertiary/aromatic N) is 3. The average Bonchev–Trinajstić information content (AvgIpc) is 4.08. The number of carbonyl (C=O) groups is 4. The first-order chi connectivity index (χ1) is 29.6. The molecule has 3 aromatic carbocycles. The molecule has 4 heterocycles. The van der Waals surface area contributed by atoms with Crippen molar-refractivity contribution in [2.75, 3.05) is 39.3 Å². The number of likely N-dealkylation sites (tertiary alicyclic amines) is 3. The average molecular weight is 847 g/mol. The topological polar surface area (TPSA) is 158 Å². The Bertz CT molecular complexity index is 2060. The minimum Gasteiger partial charge on any atom is -0.444 e. The second-order valence-corrected chi connectivity index (χ2v) is 20.3. The number of rotatable bonds is 7. The maximum atomic E-state index is 12.1. The van der Waals surface area contributed by atoms with Crippen LogP contribution in [-0.4, -0.2) is 107 Å². The van der Waals surface area contributed by atoms with Crippen molar-refractivity contribution in [1.29, 1.82) is 0 Å². The van der Waals surface area contributed by atoms with E-state index in [1.165, 1.54) is 37.8 Å². The van der Waals surface area contributed by atoms with Crippen LogP contribution >= 0.6 is 0 Å². The predicted octanol–water partition coefficient (Wildman–Crippen LogP) is 5.42. The Hall–Kier alpha value is -4.62. The summed E-state index contributed by atoms with van der Waals surface area (Å²) >= 11 is 0. The zero-order chi connectivity index (χ0) is 43.8. The van der Waals surface area contributed by atoms with Gasteiger partial charge in [-0.05, 0) is 94.2 Å². The van der Waals surface area contributed by atoms with Crippen molar-refractivity contribution in [3.63, 3.8) is 0 Å². The Morgan fingerprint density at radius 2 is 1.27 bits per heavy atom. The molecule has 4 saturated carbocycles. The number of hydrogen-bond acceptors (Lipinski definition) is 9. The van der Waals surface area contributed by atoms with E-state index in [2.05, 4.69) is 45.9 Å². The third-order valence-corrected chi connectivity index (χ3v) is 14.3. The molecule has 8 aliphatic rings. The lowest BCUT2D eigenvalue weighted by atomic mass is 10.0. The first kappa shape index (κ1) is 44.0. The lowest BCUT2D eigenvalue weighted by Crippen LogP contribution is -2.43. The summed E-state index contributed by atoms with van der Waals surface area (Å²) in [5.74, 6) is 0.304. The molecule has 11 rings (SSSR count). The first-order valence-corrected chi connectivity index (χ1v) is 22.7. The van der Waals surface area contributed by atoms with Gasteiger partial charge >= 0.3 is 6.09 Å². The van der Waals surface area contributed by atoms with Crippen molar-refractivity contribution in [3.8, 4) is 0 Å². The zero-order valence-corrected chi connectivity index (χ0v) is 36.8. The lowest BCUT2D eigenvalue weighted by Gasteiger charge is -2.23. The third-order valence-electron chi connectivity index (χ3n) is 14.3. The van der Waals surface area contributed by atoms with Crippen LogP contribution in [0.15, 0.2) is 91.0 Å². The molecular weight excluding hydrogens is 781 g/mol. The number of aliphatic hydroxyl groups is 1. The number of ether oxygens (including phenoxy) is 1. The largest absolute Gasteiger partial charge is 0.444 e. The summed E-state index contributed by atoms with van der Waals surface area (Å²) in [7, 11) is 0. The highest BCUT2D eigenvalue weighted by molar-refractivity contribution is 6.15. The van der Waals surface area contributed by atoms with Crippen LogP contribution in [0.5, 0.6) is 0 Å². The highest BCUT2D eigenvalue weighted by Gasteiger charge is 2.62. The van der Waals surface area contributed by atoms with Gasteiger partial charge in [0.2, 0.25) is 11.8 Å². The molecule has 62 heavy (non-hydrogen) atoms. The Labute approximate surface area is 366 Å². The van der Waals surface area contributed by atoms with Gasteiger partial charge in [0, 0.05) is 63.8 Å². The normalized spacial score (nSPS) is 26.1. The Balaban J connectivity index is 0.000000114. The fourth-order valence-corrected chi connectivity index (χ4v) is 9.81. The van der Waals surface area contributed by atoms with Gasteiger partial charge in [0.1, 0.15) is 11.0 Å². The molecule has 12 heteroatoms. The van der Waals surface area contributed by atoms with Crippen LogP contribution in [0.2, 0.25) is 0 Å². The molecule has 0 bridgehead atoms. The van der Waals surface area contributed by atoms with Crippen molar-refractivity contribution in [3.05, 3.63) is 108 Å². The number of alkyl carbamates (subject to hydrolysis) is 1. The van der Waals surface area contributed by atoms with Gasteiger partial charge in [-0.1, -0.05) is 91.0 Å². The summed E-state index contributed by atoms with van der Waals surface area (Å²) < 4.78 is 5.24. The highest BCUT2D eigenvalue weighted by Crippen LogP contribution is 2.55. The van der Waals surface area contributed by atoms with E-state index in [1.54, 1.807) is 9.80 Å². The first-order valence-electron chi connectivity index (χ1n) is 22.7.